The number of ether oxygens (including phenoxy) is 1. The minimum Gasteiger partial charge on any atom is -0.454 e. The smallest absolute Gasteiger partial charge is 0.187 e. The Hall–Kier alpha value is -6.11. The third-order valence-electron chi connectivity index (χ3n) is 9.87. The van der Waals surface area contributed by atoms with Gasteiger partial charge in [0.2, 0.25) is 0 Å². The van der Waals surface area contributed by atoms with E-state index in [9.17, 15) is 0 Å². The van der Waals surface area contributed by atoms with Crippen LogP contribution in [0.2, 0.25) is 0 Å². The summed E-state index contributed by atoms with van der Waals surface area (Å²) in [5, 5.41) is 4.75. The summed E-state index contributed by atoms with van der Waals surface area (Å²) in [7, 11) is 0. The zero-order chi connectivity index (χ0) is 29.7. The molecule has 0 N–H and O–H groups in total. The van der Waals surface area contributed by atoms with Gasteiger partial charge < -0.3 is 9.30 Å². The molecule has 0 saturated carbocycles. The average molecular weight is 573 g/mol. The standard InChI is InChI=1S/C42H24N2O/c1-43-27-19-21-28(22-20-27)44-37-25-18-26-10-2-3-11-29(26)39(37)32-23-24-36-41(40(32)44)45-38-17-9-8-16-35(38)42(36)33-14-6-4-12-30(33)31-13-5-7-15-34(31)42/h2-25H. The molecular weight excluding hydrogens is 548 g/mol. The van der Waals surface area contributed by atoms with Gasteiger partial charge in [-0.25, -0.2) is 4.85 Å². The third-order valence-corrected chi connectivity index (χ3v) is 9.87. The van der Waals surface area contributed by atoms with E-state index in [4.69, 9.17) is 11.3 Å². The average Bonchev–Trinajstić information content (AvgIpc) is 3.60. The summed E-state index contributed by atoms with van der Waals surface area (Å²) >= 11 is 0. The topological polar surface area (TPSA) is 18.5 Å². The second-order valence-electron chi connectivity index (χ2n) is 11.9. The van der Waals surface area contributed by atoms with Gasteiger partial charge in [0.15, 0.2) is 11.4 Å². The van der Waals surface area contributed by atoms with Gasteiger partial charge in [-0.05, 0) is 57.3 Å². The molecule has 1 aromatic heterocycles. The van der Waals surface area contributed by atoms with Crippen LogP contribution in [0.4, 0.5) is 5.69 Å². The van der Waals surface area contributed by atoms with Gasteiger partial charge >= 0.3 is 0 Å². The maximum Gasteiger partial charge on any atom is 0.187 e. The SMILES string of the molecule is [C-]#[N+]c1ccc(-n2c3ccc4ccccc4c3c3ccc4c(c32)Oc2ccccc2C42c3ccccc3-c3ccccc32)cc1. The molecule has 45 heavy (non-hydrogen) atoms. The van der Waals surface area contributed by atoms with E-state index in [0.29, 0.717) is 5.69 Å². The van der Waals surface area contributed by atoms with E-state index < -0.39 is 5.41 Å². The van der Waals surface area contributed by atoms with Crippen molar-refractivity contribution in [3.63, 3.8) is 0 Å². The lowest BCUT2D eigenvalue weighted by Crippen LogP contribution is -2.32. The minimum atomic E-state index is -0.539. The molecule has 208 valence electrons. The second kappa shape index (κ2) is 8.72. The molecule has 8 aromatic rings. The van der Waals surface area contributed by atoms with Crippen molar-refractivity contribution >= 4 is 38.3 Å². The molecule has 0 radical (unpaired) electrons. The van der Waals surface area contributed by atoms with E-state index in [0.717, 1.165) is 44.7 Å². The second-order valence-corrected chi connectivity index (χ2v) is 11.9. The van der Waals surface area contributed by atoms with Crippen molar-refractivity contribution in [1.29, 1.82) is 0 Å². The third kappa shape index (κ3) is 2.98. The molecule has 10 rings (SSSR count). The zero-order valence-electron chi connectivity index (χ0n) is 24.2. The van der Waals surface area contributed by atoms with Crippen molar-refractivity contribution in [2.45, 2.75) is 5.41 Å². The van der Waals surface area contributed by atoms with Crippen LogP contribution >= 0.6 is 0 Å². The molecule has 7 aromatic carbocycles. The van der Waals surface area contributed by atoms with Crippen LogP contribution < -0.4 is 4.74 Å². The number of benzene rings is 7. The van der Waals surface area contributed by atoms with E-state index in [1.54, 1.807) is 0 Å². The highest BCUT2D eigenvalue weighted by molar-refractivity contribution is 6.22. The van der Waals surface area contributed by atoms with E-state index >= 15 is 0 Å². The Morgan fingerprint density at radius 2 is 1.22 bits per heavy atom. The summed E-state index contributed by atoms with van der Waals surface area (Å²) in [4.78, 5) is 3.66. The first-order chi connectivity index (χ1) is 22.3. The molecule has 2 heterocycles. The van der Waals surface area contributed by atoms with Crippen LogP contribution in [0.3, 0.4) is 0 Å². The summed E-state index contributed by atoms with van der Waals surface area (Å²) < 4.78 is 9.42. The Bertz CT molecular complexity index is 2540. The molecule has 0 amide bonds. The van der Waals surface area contributed by atoms with Crippen molar-refractivity contribution in [1.82, 2.24) is 4.57 Å². The molecule has 3 nitrogen and oxygen atoms in total. The van der Waals surface area contributed by atoms with Gasteiger partial charge in [0, 0.05) is 27.6 Å². The summed E-state index contributed by atoms with van der Waals surface area (Å²) in [6.07, 6.45) is 0. The van der Waals surface area contributed by atoms with Gasteiger partial charge in [0.05, 0.1) is 23.0 Å². The van der Waals surface area contributed by atoms with E-state index in [2.05, 4.69) is 131 Å². The fraction of sp³-hybridized carbons (Fsp3) is 0.0238. The predicted molar refractivity (Wildman–Crippen MR) is 182 cm³/mol. The number of hydrogen-bond acceptors (Lipinski definition) is 1. The summed E-state index contributed by atoms with van der Waals surface area (Å²) in [6.45, 7) is 7.54. The minimum absolute atomic E-state index is 0.539. The maximum absolute atomic E-state index is 7.54. The van der Waals surface area contributed by atoms with Crippen LogP contribution in [-0.2, 0) is 5.41 Å². The first-order valence-corrected chi connectivity index (χ1v) is 15.2. The molecule has 3 heteroatoms. The van der Waals surface area contributed by atoms with Crippen LogP contribution in [0.1, 0.15) is 22.3 Å². The summed E-state index contributed by atoms with van der Waals surface area (Å²) in [5.41, 5.74) is 10.6. The van der Waals surface area contributed by atoms with E-state index in [1.807, 2.05) is 24.3 Å². The fourth-order valence-corrected chi connectivity index (χ4v) is 8.12. The van der Waals surface area contributed by atoms with Crippen LogP contribution in [0.5, 0.6) is 11.5 Å². The van der Waals surface area contributed by atoms with Gasteiger partial charge in [-0.15, -0.1) is 0 Å². The lowest BCUT2D eigenvalue weighted by Gasteiger charge is -2.39. The first kappa shape index (κ1) is 24.3. The molecule has 2 aliphatic rings. The highest BCUT2D eigenvalue weighted by Crippen LogP contribution is 2.63. The maximum atomic E-state index is 7.54. The Morgan fingerprint density at radius 3 is 1.98 bits per heavy atom. The van der Waals surface area contributed by atoms with Crippen molar-refractivity contribution in [2.24, 2.45) is 0 Å². The van der Waals surface area contributed by atoms with Crippen LogP contribution in [0, 0.1) is 6.57 Å². The number of aromatic nitrogens is 1. The van der Waals surface area contributed by atoms with Gasteiger partial charge in [-0.3, -0.25) is 0 Å². The Labute approximate surface area is 260 Å². The van der Waals surface area contributed by atoms with Crippen molar-refractivity contribution < 1.29 is 4.74 Å². The van der Waals surface area contributed by atoms with Gasteiger partial charge in [-0.2, -0.15) is 0 Å². The van der Waals surface area contributed by atoms with Crippen molar-refractivity contribution in [3.05, 3.63) is 179 Å². The fourth-order valence-electron chi connectivity index (χ4n) is 8.12. The molecule has 0 unspecified atom stereocenters. The number of hydrogen-bond donors (Lipinski definition) is 0. The molecule has 0 bridgehead atoms. The quantitative estimate of drug-likeness (QED) is 0.179. The zero-order valence-corrected chi connectivity index (χ0v) is 24.2. The van der Waals surface area contributed by atoms with E-state index in [1.165, 1.54) is 38.4 Å². The number of para-hydroxylation sites is 1. The first-order valence-electron chi connectivity index (χ1n) is 15.2. The predicted octanol–water partition coefficient (Wildman–Crippen LogP) is 11.0. The summed E-state index contributed by atoms with van der Waals surface area (Å²) in [5.74, 6) is 1.74. The highest BCUT2D eigenvalue weighted by atomic mass is 16.5. The molecule has 1 spiro atoms. The molecule has 1 aliphatic carbocycles. The largest absolute Gasteiger partial charge is 0.454 e. The van der Waals surface area contributed by atoms with Gasteiger partial charge in [-0.1, -0.05) is 121 Å². The van der Waals surface area contributed by atoms with Crippen molar-refractivity contribution in [2.75, 3.05) is 0 Å². The Kier molecular flexibility index (Phi) is 4.72. The lowest BCUT2D eigenvalue weighted by atomic mass is 9.66. The lowest BCUT2D eigenvalue weighted by molar-refractivity contribution is 0.440. The Balaban J connectivity index is 1.43. The van der Waals surface area contributed by atoms with Crippen LogP contribution in [0.25, 0.3) is 54.2 Å². The number of nitrogens with zero attached hydrogens (tertiary/aromatic N) is 2. The highest BCUT2D eigenvalue weighted by Gasteiger charge is 2.51. The summed E-state index contributed by atoms with van der Waals surface area (Å²) in [6, 6.07) is 51.7. The molecule has 1 aliphatic heterocycles. The molecule has 0 fully saturated rings. The van der Waals surface area contributed by atoms with Gasteiger partial charge in [0.1, 0.15) is 5.75 Å². The molecule has 0 atom stereocenters. The monoisotopic (exact) mass is 572 g/mol. The molecule has 0 saturated heterocycles. The molecular formula is C42H24N2O. The number of rotatable bonds is 1. The number of fused-ring (bicyclic) bond motifs is 15. The van der Waals surface area contributed by atoms with Crippen LogP contribution in [-0.4, -0.2) is 4.57 Å². The van der Waals surface area contributed by atoms with Crippen LogP contribution in [0.15, 0.2) is 146 Å². The Morgan fingerprint density at radius 1 is 0.556 bits per heavy atom. The van der Waals surface area contributed by atoms with Gasteiger partial charge in [0.25, 0.3) is 0 Å². The van der Waals surface area contributed by atoms with Crippen molar-refractivity contribution in [3.8, 4) is 28.3 Å². The normalized spacial score (nSPS) is 13.7. The van der Waals surface area contributed by atoms with E-state index in [-0.39, 0.29) is 0 Å².